The molecule has 1 aliphatic rings. The van der Waals surface area contributed by atoms with Gasteiger partial charge in [-0.25, -0.2) is 4.79 Å². The van der Waals surface area contributed by atoms with Gasteiger partial charge < -0.3 is 4.74 Å². The van der Waals surface area contributed by atoms with Crippen molar-refractivity contribution < 1.29 is 9.53 Å². The van der Waals surface area contributed by atoms with E-state index in [1.807, 2.05) is 66.7 Å². The van der Waals surface area contributed by atoms with E-state index in [9.17, 15) is 4.79 Å². The maximum Gasteiger partial charge on any atom is 0.340 e. The van der Waals surface area contributed by atoms with E-state index in [-0.39, 0.29) is 5.97 Å². The maximum atomic E-state index is 12.5. The summed E-state index contributed by atoms with van der Waals surface area (Å²) in [6.07, 6.45) is 0. The molecule has 3 aromatic carbocycles. The zero-order valence-corrected chi connectivity index (χ0v) is 14.0. The molecule has 4 rings (SSSR count). The highest BCUT2D eigenvalue weighted by Crippen LogP contribution is 2.53. The molecule has 3 heteroatoms. The fourth-order valence-electron chi connectivity index (χ4n) is 3.02. The average Bonchev–Trinajstić information content (AvgIpc) is 2.91. The third-order valence-corrected chi connectivity index (χ3v) is 5.74. The number of fused-ring (bicyclic) bond motifs is 1. The molecule has 1 heterocycles. The number of carbonyl (C=O) groups is 1. The summed E-state index contributed by atoms with van der Waals surface area (Å²) in [7, 11) is 0. The van der Waals surface area contributed by atoms with Gasteiger partial charge in [0.25, 0.3) is 0 Å². The van der Waals surface area contributed by atoms with Gasteiger partial charge in [0.05, 0.1) is 5.56 Å². The fraction of sp³-hybridized carbons (Fsp3) is 0.0952. The number of esters is 1. The van der Waals surface area contributed by atoms with Crippen LogP contribution in [0, 0.1) is 6.92 Å². The molecular formula is C21H16O2S. The Labute approximate surface area is 145 Å². The number of hydrogen-bond acceptors (Lipinski definition) is 3. The van der Waals surface area contributed by atoms with Crippen LogP contribution in [0.4, 0.5) is 0 Å². The summed E-state index contributed by atoms with van der Waals surface area (Å²) >= 11 is 1.58. The molecule has 118 valence electrons. The Hall–Kier alpha value is -2.52. The molecule has 3 aromatic rings. The molecule has 0 aliphatic carbocycles. The summed E-state index contributed by atoms with van der Waals surface area (Å²) in [6, 6.07) is 25.8. The normalized spacial score (nSPS) is 19.0. The highest BCUT2D eigenvalue weighted by atomic mass is 32.2. The summed E-state index contributed by atoms with van der Waals surface area (Å²) in [5, 5.41) is 0. The van der Waals surface area contributed by atoms with Gasteiger partial charge in [-0.05, 0) is 24.6 Å². The van der Waals surface area contributed by atoms with Crippen LogP contribution in [0.2, 0.25) is 0 Å². The van der Waals surface area contributed by atoms with Crippen LogP contribution >= 0.6 is 11.8 Å². The Morgan fingerprint density at radius 2 is 1.50 bits per heavy atom. The van der Waals surface area contributed by atoms with Crippen molar-refractivity contribution in [2.45, 2.75) is 16.8 Å². The van der Waals surface area contributed by atoms with Crippen LogP contribution in [0.5, 0.6) is 0 Å². The summed E-state index contributed by atoms with van der Waals surface area (Å²) in [5.41, 5.74) is 3.69. The van der Waals surface area contributed by atoms with Crippen LogP contribution in [-0.4, -0.2) is 5.97 Å². The van der Waals surface area contributed by atoms with Gasteiger partial charge in [-0.1, -0.05) is 78.5 Å². The lowest BCUT2D eigenvalue weighted by molar-refractivity contribution is 0.0384. The number of cyclic esters (lactones) is 1. The lowest BCUT2D eigenvalue weighted by Gasteiger charge is -2.29. The zero-order chi connectivity index (χ0) is 16.6. The van der Waals surface area contributed by atoms with E-state index in [0.29, 0.717) is 5.56 Å². The summed E-state index contributed by atoms with van der Waals surface area (Å²) in [6.45, 7) is 2.07. The van der Waals surface area contributed by atoms with Crippen molar-refractivity contribution in [3.63, 3.8) is 0 Å². The average molecular weight is 332 g/mol. The van der Waals surface area contributed by atoms with Crippen molar-refractivity contribution in [1.29, 1.82) is 0 Å². The molecule has 2 nitrogen and oxygen atoms in total. The molecule has 0 aromatic heterocycles. The van der Waals surface area contributed by atoms with Gasteiger partial charge in [0.2, 0.25) is 4.93 Å². The van der Waals surface area contributed by atoms with E-state index in [1.54, 1.807) is 11.8 Å². The van der Waals surface area contributed by atoms with E-state index in [4.69, 9.17) is 4.74 Å². The van der Waals surface area contributed by atoms with E-state index in [0.717, 1.165) is 16.0 Å². The first kappa shape index (κ1) is 15.0. The van der Waals surface area contributed by atoms with Gasteiger partial charge in [0.1, 0.15) is 0 Å². The largest absolute Gasteiger partial charge is 0.435 e. The second-order valence-electron chi connectivity index (χ2n) is 5.79. The molecule has 0 saturated heterocycles. The molecule has 0 amide bonds. The molecule has 0 bridgehead atoms. The maximum absolute atomic E-state index is 12.5. The summed E-state index contributed by atoms with van der Waals surface area (Å²) < 4.78 is 5.99. The fourth-order valence-corrected chi connectivity index (χ4v) is 4.37. The molecule has 0 fully saturated rings. The van der Waals surface area contributed by atoms with Crippen molar-refractivity contribution >= 4 is 17.7 Å². The second-order valence-corrected chi connectivity index (χ2v) is 7.00. The minimum absolute atomic E-state index is 0.268. The lowest BCUT2D eigenvalue weighted by atomic mass is 9.99. The number of benzene rings is 3. The minimum atomic E-state index is -0.846. The van der Waals surface area contributed by atoms with E-state index < -0.39 is 4.93 Å². The third kappa shape index (κ3) is 2.33. The highest BCUT2D eigenvalue weighted by Gasteiger charge is 2.48. The van der Waals surface area contributed by atoms with Crippen LogP contribution in [-0.2, 0) is 9.67 Å². The van der Waals surface area contributed by atoms with Gasteiger partial charge in [-0.2, -0.15) is 0 Å². The molecule has 0 spiro atoms. The predicted octanol–water partition coefficient (Wildman–Crippen LogP) is 5.16. The van der Waals surface area contributed by atoms with E-state index >= 15 is 0 Å². The van der Waals surface area contributed by atoms with Crippen molar-refractivity contribution in [2.24, 2.45) is 0 Å². The summed E-state index contributed by atoms with van der Waals surface area (Å²) in [5.74, 6) is -0.268. The number of ether oxygens (including phenoxy) is 1. The summed E-state index contributed by atoms with van der Waals surface area (Å²) in [4.78, 5) is 12.8. The Morgan fingerprint density at radius 1 is 0.833 bits per heavy atom. The van der Waals surface area contributed by atoms with Crippen LogP contribution in [0.1, 0.15) is 27.0 Å². The first-order valence-electron chi connectivity index (χ1n) is 7.84. The highest BCUT2D eigenvalue weighted by molar-refractivity contribution is 8.00. The van der Waals surface area contributed by atoms with Crippen LogP contribution in [0.25, 0.3) is 0 Å². The van der Waals surface area contributed by atoms with Crippen LogP contribution in [0.15, 0.2) is 83.8 Å². The topological polar surface area (TPSA) is 26.3 Å². The zero-order valence-electron chi connectivity index (χ0n) is 13.2. The van der Waals surface area contributed by atoms with Gasteiger partial charge in [0, 0.05) is 16.0 Å². The molecule has 1 aliphatic heterocycles. The predicted molar refractivity (Wildman–Crippen MR) is 96.1 cm³/mol. The SMILES string of the molecule is Cc1ccccc1S[C@]1(c2ccccc2)OC(=O)c2ccccc21. The van der Waals surface area contributed by atoms with Crippen molar-refractivity contribution in [3.8, 4) is 0 Å². The molecular weight excluding hydrogens is 316 g/mol. The van der Waals surface area contributed by atoms with E-state index in [1.165, 1.54) is 5.56 Å². The quantitative estimate of drug-likeness (QED) is 0.620. The Kier molecular flexibility index (Phi) is 3.66. The molecule has 0 saturated carbocycles. The smallest absolute Gasteiger partial charge is 0.340 e. The molecule has 0 N–H and O–H groups in total. The van der Waals surface area contributed by atoms with Gasteiger partial charge >= 0.3 is 5.97 Å². The number of thioether (sulfide) groups is 1. The van der Waals surface area contributed by atoms with Crippen LogP contribution < -0.4 is 0 Å². The molecule has 1 atom stereocenters. The van der Waals surface area contributed by atoms with Crippen LogP contribution in [0.3, 0.4) is 0 Å². The number of carbonyl (C=O) groups excluding carboxylic acids is 1. The molecule has 0 radical (unpaired) electrons. The third-order valence-electron chi connectivity index (χ3n) is 4.24. The van der Waals surface area contributed by atoms with Gasteiger partial charge in [0.15, 0.2) is 0 Å². The first-order chi connectivity index (χ1) is 11.7. The van der Waals surface area contributed by atoms with Crippen molar-refractivity contribution in [2.75, 3.05) is 0 Å². The van der Waals surface area contributed by atoms with Gasteiger partial charge in [-0.15, -0.1) is 0 Å². The Bertz CT molecular complexity index is 904. The van der Waals surface area contributed by atoms with E-state index in [2.05, 4.69) is 19.1 Å². The lowest BCUT2D eigenvalue weighted by Crippen LogP contribution is -2.23. The number of aryl methyl sites for hydroxylation is 1. The van der Waals surface area contributed by atoms with Crippen molar-refractivity contribution in [1.82, 2.24) is 0 Å². The number of hydrogen-bond donors (Lipinski definition) is 0. The molecule has 0 unspecified atom stereocenters. The Balaban J connectivity index is 1.93. The minimum Gasteiger partial charge on any atom is -0.435 e. The molecule has 24 heavy (non-hydrogen) atoms. The second kappa shape index (κ2) is 5.84. The number of rotatable bonds is 3. The monoisotopic (exact) mass is 332 g/mol. The van der Waals surface area contributed by atoms with Crippen molar-refractivity contribution in [3.05, 3.63) is 101 Å². The first-order valence-corrected chi connectivity index (χ1v) is 8.65. The Morgan fingerprint density at radius 3 is 2.29 bits per heavy atom. The standard InChI is InChI=1S/C21H16O2S/c1-15-9-5-8-14-19(15)24-21(16-10-3-2-4-11-16)18-13-7-6-12-17(18)20(22)23-21/h2-14H,1H3/t21-/m0/s1. The van der Waals surface area contributed by atoms with Gasteiger partial charge in [-0.3, -0.25) is 0 Å².